The summed E-state index contributed by atoms with van der Waals surface area (Å²) in [6.07, 6.45) is 11.6. The maximum atomic E-state index is 7.19. The molecule has 2 aromatic rings. The number of benzene rings is 2. The van der Waals surface area contributed by atoms with Crippen molar-refractivity contribution in [2.24, 2.45) is 5.92 Å². The maximum absolute atomic E-state index is 7.19. The second kappa shape index (κ2) is 5.64. The van der Waals surface area contributed by atoms with Crippen molar-refractivity contribution < 1.29 is 4.74 Å². The van der Waals surface area contributed by atoms with Crippen molar-refractivity contribution >= 4 is 17.7 Å². The van der Waals surface area contributed by atoms with Crippen molar-refractivity contribution in [1.29, 1.82) is 0 Å². The van der Waals surface area contributed by atoms with Crippen molar-refractivity contribution in [3.63, 3.8) is 0 Å². The predicted octanol–water partition coefficient (Wildman–Crippen LogP) is 6.46. The number of rotatable bonds is 1. The standard InChI is InChI=1S/C23H23ClO/c24-22-13-4-8-20(9-5-14-22)23(22)15-12-18-10-11-19(16-21(18)25-23)17-6-2-1-3-7-17/h1-3,6-7,10-12,15-16,20H,4-5,8-9,13-14H2. The summed E-state index contributed by atoms with van der Waals surface area (Å²) >= 11 is 7.19. The lowest BCUT2D eigenvalue weighted by atomic mass is 9.60. The first-order valence-corrected chi connectivity index (χ1v) is 9.85. The fourth-order valence-electron chi connectivity index (χ4n) is 5.17. The Morgan fingerprint density at radius 3 is 2.40 bits per heavy atom. The molecule has 1 spiro atoms. The smallest absolute Gasteiger partial charge is 0.149 e. The van der Waals surface area contributed by atoms with Gasteiger partial charge in [-0.05, 0) is 49.0 Å². The molecule has 1 atom stereocenters. The average molecular weight is 351 g/mol. The number of halogens is 1. The Kier molecular flexibility index (Phi) is 3.50. The largest absolute Gasteiger partial charge is 0.480 e. The van der Waals surface area contributed by atoms with E-state index < -0.39 is 0 Å². The summed E-state index contributed by atoms with van der Waals surface area (Å²) in [4.78, 5) is -0.245. The van der Waals surface area contributed by atoms with Crippen LogP contribution in [0.2, 0.25) is 0 Å². The molecule has 1 heterocycles. The van der Waals surface area contributed by atoms with Gasteiger partial charge in [0.25, 0.3) is 0 Å². The second-order valence-electron chi connectivity index (χ2n) is 7.79. The van der Waals surface area contributed by atoms with Crippen LogP contribution in [0.25, 0.3) is 17.2 Å². The van der Waals surface area contributed by atoms with Gasteiger partial charge in [-0.3, -0.25) is 0 Å². The maximum Gasteiger partial charge on any atom is 0.149 e. The highest BCUT2D eigenvalue weighted by molar-refractivity contribution is 6.25. The minimum Gasteiger partial charge on any atom is -0.480 e. The van der Waals surface area contributed by atoms with E-state index >= 15 is 0 Å². The highest BCUT2D eigenvalue weighted by Gasteiger charge is 2.60. The molecule has 0 aromatic heterocycles. The Bertz CT molecular complexity index is 815. The molecular weight excluding hydrogens is 328 g/mol. The molecule has 3 aliphatic rings. The molecule has 0 N–H and O–H groups in total. The SMILES string of the molecule is ClC12CCCC(CCC1)C21C=Cc2ccc(-c3ccccc3)cc2O1. The summed E-state index contributed by atoms with van der Waals surface area (Å²) in [5, 5.41) is 0. The summed E-state index contributed by atoms with van der Waals surface area (Å²) in [5.41, 5.74) is 3.26. The van der Waals surface area contributed by atoms with Crippen LogP contribution < -0.4 is 4.74 Å². The first kappa shape index (κ1) is 15.5. The van der Waals surface area contributed by atoms with Crippen molar-refractivity contribution in [1.82, 2.24) is 0 Å². The lowest BCUT2D eigenvalue weighted by molar-refractivity contribution is -0.0461. The third kappa shape index (κ3) is 2.29. The molecule has 0 radical (unpaired) electrons. The summed E-state index contributed by atoms with van der Waals surface area (Å²) in [7, 11) is 0. The highest BCUT2D eigenvalue weighted by atomic mass is 35.5. The topological polar surface area (TPSA) is 9.23 Å². The summed E-state index contributed by atoms with van der Waals surface area (Å²) in [5.74, 6) is 1.53. The molecule has 2 bridgehead atoms. The Morgan fingerprint density at radius 2 is 1.68 bits per heavy atom. The molecule has 2 aromatic carbocycles. The Hall–Kier alpha value is -1.73. The van der Waals surface area contributed by atoms with Gasteiger partial charge in [-0.15, -0.1) is 11.6 Å². The number of hydrogen-bond acceptors (Lipinski definition) is 1. The van der Waals surface area contributed by atoms with E-state index in [0.717, 1.165) is 24.2 Å². The number of hydrogen-bond donors (Lipinski definition) is 0. The van der Waals surface area contributed by atoms with E-state index in [1.165, 1.54) is 36.8 Å². The van der Waals surface area contributed by atoms with Gasteiger partial charge in [0, 0.05) is 11.5 Å². The molecule has 1 unspecified atom stereocenters. The van der Waals surface area contributed by atoms with Crippen molar-refractivity contribution in [2.45, 2.75) is 49.0 Å². The quantitative estimate of drug-likeness (QED) is 0.536. The van der Waals surface area contributed by atoms with Gasteiger partial charge < -0.3 is 4.74 Å². The minimum absolute atomic E-state index is 0.245. The lowest BCUT2D eigenvalue weighted by Crippen LogP contribution is -2.63. The number of ether oxygens (including phenoxy) is 1. The highest BCUT2D eigenvalue weighted by Crippen LogP contribution is 2.58. The molecule has 0 saturated heterocycles. The van der Waals surface area contributed by atoms with Crippen molar-refractivity contribution in [2.75, 3.05) is 0 Å². The first-order chi connectivity index (χ1) is 12.2. The molecule has 0 amide bonds. The van der Waals surface area contributed by atoms with E-state index in [4.69, 9.17) is 16.3 Å². The zero-order valence-corrected chi connectivity index (χ0v) is 15.1. The monoisotopic (exact) mass is 350 g/mol. The third-order valence-electron chi connectivity index (χ3n) is 6.47. The van der Waals surface area contributed by atoms with Gasteiger partial charge in [0.05, 0.1) is 4.87 Å². The van der Waals surface area contributed by atoms with E-state index in [9.17, 15) is 0 Å². The predicted molar refractivity (Wildman–Crippen MR) is 104 cm³/mol. The normalized spacial score (nSPS) is 32.9. The van der Waals surface area contributed by atoms with Gasteiger partial charge in [0.2, 0.25) is 0 Å². The Morgan fingerprint density at radius 1 is 0.920 bits per heavy atom. The van der Waals surface area contributed by atoms with Crippen LogP contribution in [-0.4, -0.2) is 10.5 Å². The van der Waals surface area contributed by atoms with E-state index in [0.29, 0.717) is 5.92 Å². The van der Waals surface area contributed by atoms with Crippen LogP contribution in [0, 0.1) is 5.92 Å². The van der Waals surface area contributed by atoms with Gasteiger partial charge in [0.1, 0.15) is 11.4 Å². The Labute approximate surface area is 154 Å². The average Bonchev–Trinajstić information content (AvgIpc) is 2.63. The molecule has 25 heavy (non-hydrogen) atoms. The summed E-state index contributed by atoms with van der Waals surface area (Å²) in [6.45, 7) is 0. The molecular formula is C23H23ClO. The summed E-state index contributed by atoms with van der Waals surface area (Å²) in [6, 6.07) is 17.0. The molecule has 1 nitrogen and oxygen atoms in total. The van der Waals surface area contributed by atoms with Gasteiger partial charge in [-0.2, -0.15) is 0 Å². The van der Waals surface area contributed by atoms with Crippen LogP contribution in [0.15, 0.2) is 54.6 Å². The minimum atomic E-state index is -0.326. The molecule has 2 fully saturated rings. The zero-order chi connectivity index (χ0) is 16.9. The second-order valence-corrected chi connectivity index (χ2v) is 8.52. The van der Waals surface area contributed by atoms with Crippen LogP contribution in [0.5, 0.6) is 5.75 Å². The lowest BCUT2D eigenvalue weighted by Gasteiger charge is -2.56. The number of fused-ring (bicyclic) bond motifs is 1. The van der Waals surface area contributed by atoms with Gasteiger partial charge >= 0.3 is 0 Å². The van der Waals surface area contributed by atoms with Crippen LogP contribution in [0.1, 0.15) is 44.1 Å². The van der Waals surface area contributed by atoms with Gasteiger partial charge in [-0.1, -0.05) is 61.4 Å². The molecule has 5 rings (SSSR count). The first-order valence-electron chi connectivity index (χ1n) is 9.47. The van der Waals surface area contributed by atoms with E-state index in [1.54, 1.807) is 0 Å². The molecule has 2 aliphatic carbocycles. The van der Waals surface area contributed by atoms with Crippen LogP contribution >= 0.6 is 11.6 Å². The van der Waals surface area contributed by atoms with Crippen LogP contribution in [-0.2, 0) is 0 Å². The van der Waals surface area contributed by atoms with E-state index in [1.807, 2.05) is 0 Å². The van der Waals surface area contributed by atoms with Gasteiger partial charge in [-0.25, -0.2) is 0 Å². The number of alkyl halides is 1. The van der Waals surface area contributed by atoms with E-state index in [2.05, 4.69) is 60.7 Å². The van der Waals surface area contributed by atoms with Crippen molar-refractivity contribution in [3.8, 4) is 16.9 Å². The molecule has 2 saturated carbocycles. The van der Waals surface area contributed by atoms with Crippen molar-refractivity contribution in [3.05, 3.63) is 60.2 Å². The Balaban J connectivity index is 1.58. The summed E-state index contributed by atoms with van der Waals surface area (Å²) < 4.78 is 6.77. The van der Waals surface area contributed by atoms with E-state index in [-0.39, 0.29) is 10.5 Å². The third-order valence-corrected chi connectivity index (χ3v) is 7.14. The van der Waals surface area contributed by atoms with Gasteiger partial charge in [0.15, 0.2) is 0 Å². The molecule has 2 heteroatoms. The fourth-order valence-corrected chi connectivity index (χ4v) is 5.70. The zero-order valence-electron chi connectivity index (χ0n) is 14.4. The fraction of sp³-hybridized carbons (Fsp3) is 0.391. The molecule has 128 valence electrons. The molecule has 1 aliphatic heterocycles. The van der Waals surface area contributed by atoms with Crippen LogP contribution in [0.3, 0.4) is 0 Å². The van der Waals surface area contributed by atoms with Crippen LogP contribution in [0.4, 0.5) is 0 Å².